The Hall–Kier alpha value is -1.60. The smallest absolute Gasteiger partial charge is 0.252 e. The van der Waals surface area contributed by atoms with E-state index < -0.39 is 9.84 Å². The van der Waals surface area contributed by atoms with Crippen molar-refractivity contribution in [3.63, 3.8) is 0 Å². The van der Waals surface area contributed by atoms with Crippen LogP contribution in [0.3, 0.4) is 0 Å². The van der Waals surface area contributed by atoms with Crippen LogP contribution in [0.4, 0.5) is 0 Å². The Bertz CT molecular complexity index is 675. The Labute approximate surface area is 134 Å². The molecule has 1 atom stereocenters. The van der Waals surface area contributed by atoms with E-state index in [0.717, 1.165) is 0 Å². The number of sulfone groups is 1. The molecule has 0 bridgehead atoms. The molecule has 0 aliphatic carbocycles. The summed E-state index contributed by atoms with van der Waals surface area (Å²) >= 11 is 5.90. The fraction of sp³-hybridized carbons (Fsp3) is 0.429. The number of carbonyl (C=O) groups is 2. The highest BCUT2D eigenvalue weighted by atomic mass is 35.5. The van der Waals surface area contributed by atoms with Gasteiger partial charge in [0.2, 0.25) is 5.91 Å². The summed E-state index contributed by atoms with van der Waals surface area (Å²) in [5.74, 6) is -0.519. The van der Waals surface area contributed by atoms with Gasteiger partial charge in [0, 0.05) is 19.0 Å². The van der Waals surface area contributed by atoms with Crippen molar-refractivity contribution >= 4 is 33.3 Å². The van der Waals surface area contributed by atoms with E-state index in [1.54, 1.807) is 24.3 Å². The van der Waals surface area contributed by atoms with Crippen molar-refractivity contribution in [3.8, 4) is 0 Å². The average molecular weight is 345 g/mol. The van der Waals surface area contributed by atoms with Gasteiger partial charge in [-0.2, -0.15) is 0 Å². The van der Waals surface area contributed by atoms with Gasteiger partial charge in [-0.3, -0.25) is 9.59 Å². The van der Waals surface area contributed by atoms with E-state index in [9.17, 15) is 18.0 Å². The standard InChI is InChI=1S/C14H17ClN2O4S/c15-12-4-2-1-3-11(12)14(19)16-7-5-13(18)17-10-6-8-22(20,21)9-10/h1-4,10H,5-9H2,(H,16,19)(H,17,18)/t10-/m0/s1. The molecule has 120 valence electrons. The van der Waals surface area contributed by atoms with Crippen LogP contribution in [-0.2, 0) is 14.6 Å². The lowest BCUT2D eigenvalue weighted by molar-refractivity contribution is -0.121. The predicted octanol–water partition coefficient (Wildman–Crippen LogP) is 0.763. The summed E-state index contributed by atoms with van der Waals surface area (Å²) in [6.07, 6.45) is 0.535. The van der Waals surface area contributed by atoms with E-state index >= 15 is 0 Å². The lowest BCUT2D eigenvalue weighted by Crippen LogP contribution is -2.37. The Kier molecular flexibility index (Phi) is 5.42. The monoisotopic (exact) mass is 344 g/mol. The van der Waals surface area contributed by atoms with Crippen molar-refractivity contribution in [2.24, 2.45) is 0 Å². The van der Waals surface area contributed by atoms with Gasteiger partial charge < -0.3 is 10.6 Å². The molecule has 22 heavy (non-hydrogen) atoms. The summed E-state index contributed by atoms with van der Waals surface area (Å²) in [6.45, 7) is 0.162. The van der Waals surface area contributed by atoms with Gasteiger partial charge in [0.15, 0.2) is 9.84 Å². The van der Waals surface area contributed by atoms with Crippen LogP contribution in [0.1, 0.15) is 23.2 Å². The number of benzene rings is 1. The van der Waals surface area contributed by atoms with E-state index in [2.05, 4.69) is 10.6 Å². The molecular formula is C14H17ClN2O4S. The van der Waals surface area contributed by atoms with Crippen molar-refractivity contribution in [3.05, 3.63) is 34.9 Å². The SMILES string of the molecule is O=C(CCNC(=O)c1ccccc1Cl)N[C@H]1CCS(=O)(=O)C1. The summed E-state index contributed by atoms with van der Waals surface area (Å²) in [5, 5.41) is 5.62. The van der Waals surface area contributed by atoms with E-state index in [4.69, 9.17) is 11.6 Å². The van der Waals surface area contributed by atoms with Crippen molar-refractivity contribution in [2.75, 3.05) is 18.1 Å². The van der Waals surface area contributed by atoms with E-state index in [0.29, 0.717) is 17.0 Å². The number of amides is 2. The van der Waals surface area contributed by atoms with Crippen molar-refractivity contribution in [1.29, 1.82) is 0 Å². The highest BCUT2D eigenvalue weighted by Crippen LogP contribution is 2.14. The number of halogens is 1. The zero-order valence-corrected chi connectivity index (χ0v) is 13.4. The first-order chi connectivity index (χ1) is 10.4. The number of hydrogen-bond donors (Lipinski definition) is 2. The first-order valence-electron chi connectivity index (χ1n) is 6.90. The molecule has 1 aliphatic heterocycles. The molecule has 0 unspecified atom stereocenters. The molecule has 2 rings (SSSR count). The normalized spacial score (nSPS) is 19.6. The summed E-state index contributed by atoms with van der Waals surface area (Å²) in [6, 6.07) is 6.32. The van der Waals surface area contributed by atoms with Crippen LogP contribution in [-0.4, -0.2) is 44.3 Å². The molecule has 1 saturated heterocycles. The molecule has 0 aromatic heterocycles. The second kappa shape index (κ2) is 7.11. The Morgan fingerprint density at radius 2 is 2.00 bits per heavy atom. The Morgan fingerprint density at radius 1 is 1.27 bits per heavy atom. The van der Waals surface area contributed by atoms with Gasteiger partial charge in [-0.05, 0) is 18.6 Å². The highest BCUT2D eigenvalue weighted by molar-refractivity contribution is 7.91. The molecule has 1 aliphatic rings. The van der Waals surface area contributed by atoms with Crippen LogP contribution in [0, 0.1) is 0 Å². The lowest BCUT2D eigenvalue weighted by Gasteiger charge is -2.11. The first-order valence-corrected chi connectivity index (χ1v) is 9.10. The molecule has 1 aromatic carbocycles. The van der Waals surface area contributed by atoms with Crippen molar-refractivity contribution in [2.45, 2.75) is 18.9 Å². The van der Waals surface area contributed by atoms with Gasteiger partial charge in [0.25, 0.3) is 5.91 Å². The Balaban J connectivity index is 1.73. The molecule has 0 spiro atoms. The molecule has 2 N–H and O–H groups in total. The minimum Gasteiger partial charge on any atom is -0.352 e. The summed E-state index contributed by atoms with van der Waals surface area (Å²) < 4.78 is 22.6. The first kappa shape index (κ1) is 16.8. The zero-order chi connectivity index (χ0) is 16.2. The van der Waals surface area contributed by atoms with Crippen LogP contribution in [0.2, 0.25) is 5.02 Å². The van der Waals surface area contributed by atoms with Gasteiger partial charge in [0.1, 0.15) is 0 Å². The maximum absolute atomic E-state index is 11.9. The van der Waals surface area contributed by atoms with Gasteiger partial charge >= 0.3 is 0 Å². The van der Waals surface area contributed by atoms with E-state index in [-0.39, 0.29) is 42.3 Å². The van der Waals surface area contributed by atoms with Crippen LogP contribution < -0.4 is 10.6 Å². The average Bonchev–Trinajstić information content (AvgIpc) is 2.78. The van der Waals surface area contributed by atoms with Crippen LogP contribution in [0.5, 0.6) is 0 Å². The number of hydrogen-bond acceptors (Lipinski definition) is 4. The van der Waals surface area contributed by atoms with Crippen molar-refractivity contribution in [1.82, 2.24) is 10.6 Å². The molecular weight excluding hydrogens is 328 g/mol. The minimum atomic E-state index is -3.01. The highest BCUT2D eigenvalue weighted by Gasteiger charge is 2.28. The second-order valence-electron chi connectivity index (χ2n) is 5.15. The predicted molar refractivity (Wildman–Crippen MR) is 83.6 cm³/mol. The molecule has 6 nitrogen and oxygen atoms in total. The number of carbonyl (C=O) groups excluding carboxylic acids is 2. The third-order valence-electron chi connectivity index (χ3n) is 3.35. The molecule has 0 saturated carbocycles. The largest absolute Gasteiger partial charge is 0.352 e. The quantitative estimate of drug-likeness (QED) is 0.825. The van der Waals surface area contributed by atoms with Gasteiger partial charge in [-0.1, -0.05) is 23.7 Å². The van der Waals surface area contributed by atoms with Crippen molar-refractivity contribution < 1.29 is 18.0 Å². The summed E-state index contributed by atoms with van der Waals surface area (Å²) in [5.41, 5.74) is 0.353. The van der Waals surface area contributed by atoms with Crippen LogP contribution in [0.15, 0.2) is 24.3 Å². The second-order valence-corrected chi connectivity index (χ2v) is 7.79. The molecule has 1 heterocycles. The maximum atomic E-state index is 11.9. The Morgan fingerprint density at radius 3 is 2.64 bits per heavy atom. The molecule has 8 heteroatoms. The van der Waals surface area contributed by atoms with Crippen LogP contribution in [0.25, 0.3) is 0 Å². The fourth-order valence-electron chi connectivity index (χ4n) is 2.24. The van der Waals surface area contributed by atoms with E-state index in [1.807, 2.05) is 0 Å². The third-order valence-corrected chi connectivity index (χ3v) is 5.45. The minimum absolute atomic E-state index is 0.00920. The number of rotatable bonds is 5. The number of nitrogens with one attached hydrogen (secondary N) is 2. The summed E-state index contributed by atoms with van der Waals surface area (Å²) in [7, 11) is -3.01. The molecule has 2 amide bonds. The zero-order valence-electron chi connectivity index (χ0n) is 11.8. The molecule has 1 aromatic rings. The molecule has 1 fully saturated rings. The fourth-order valence-corrected chi connectivity index (χ4v) is 4.13. The third kappa shape index (κ3) is 4.71. The van der Waals surface area contributed by atoms with Gasteiger partial charge in [-0.15, -0.1) is 0 Å². The van der Waals surface area contributed by atoms with Crippen LogP contribution >= 0.6 is 11.6 Å². The van der Waals surface area contributed by atoms with Gasteiger partial charge in [-0.25, -0.2) is 8.42 Å². The topological polar surface area (TPSA) is 92.3 Å². The lowest BCUT2D eigenvalue weighted by atomic mass is 10.2. The molecule has 0 radical (unpaired) electrons. The maximum Gasteiger partial charge on any atom is 0.252 e. The summed E-state index contributed by atoms with van der Waals surface area (Å²) in [4.78, 5) is 23.6. The van der Waals surface area contributed by atoms with E-state index in [1.165, 1.54) is 0 Å². The van der Waals surface area contributed by atoms with Gasteiger partial charge in [0.05, 0.1) is 22.1 Å².